The van der Waals surface area contributed by atoms with Crippen LogP contribution in [0.25, 0.3) is 23.5 Å². The smallest absolute Gasteiger partial charge is 0.257 e. The van der Waals surface area contributed by atoms with Crippen molar-refractivity contribution in [2.45, 2.75) is 18.8 Å². The fourth-order valence-corrected chi connectivity index (χ4v) is 4.65. The minimum atomic E-state index is 0.0461. The molecule has 2 fully saturated rings. The molecule has 1 aliphatic carbocycles. The molecule has 6 rings (SSSR count). The highest BCUT2D eigenvalue weighted by molar-refractivity contribution is 5.95. The quantitative estimate of drug-likeness (QED) is 0.393. The molecule has 3 aromatic heterocycles. The Labute approximate surface area is 209 Å². The third kappa shape index (κ3) is 4.72. The summed E-state index contributed by atoms with van der Waals surface area (Å²) in [5, 5.41) is 4.56. The minimum Gasteiger partial charge on any atom is -0.463 e. The van der Waals surface area contributed by atoms with Crippen LogP contribution in [0.4, 0.5) is 0 Å². The van der Waals surface area contributed by atoms with E-state index < -0.39 is 0 Å². The number of piperazine rings is 1. The van der Waals surface area contributed by atoms with E-state index in [-0.39, 0.29) is 5.91 Å². The van der Waals surface area contributed by atoms with Crippen LogP contribution in [0, 0.1) is 0 Å². The van der Waals surface area contributed by atoms with Crippen molar-refractivity contribution in [1.82, 2.24) is 29.5 Å². The van der Waals surface area contributed by atoms with Crippen molar-refractivity contribution in [3.8, 4) is 17.4 Å². The monoisotopic (exact) mass is 480 g/mol. The zero-order chi connectivity index (χ0) is 24.3. The summed E-state index contributed by atoms with van der Waals surface area (Å²) in [6.07, 6.45) is 11.4. The predicted octanol–water partition coefficient (Wildman–Crippen LogP) is 4.27. The zero-order valence-electron chi connectivity index (χ0n) is 20.0. The van der Waals surface area contributed by atoms with E-state index >= 15 is 0 Å². The Kier molecular flexibility index (Phi) is 6.17. The van der Waals surface area contributed by atoms with Crippen LogP contribution in [0.15, 0.2) is 77.7 Å². The SMILES string of the molecule is O=C(c1cnn(-c2nccc(-c3ccco3)n2)c1C1CC1)N1CCN(CC=Cc2ccccc2)CC1. The van der Waals surface area contributed by atoms with E-state index in [0.29, 0.717) is 42.0 Å². The lowest BCUT2D eigenvalue weighted by atomic mass is 10.1. The van der Waals surface area contributed by atoms with Crippen molar-refractivity contribution in [2.75, 3.05) is 32.7 Å². The lowest BCUT2D eigenvalue weighted by molar-refractivity contribution is 0.0649. The van der Waals surface area contributed by atoms with Gasteiger partial charge in [0.1, 0.15) is 5.69 Å². The molecule has 4 aromatic rings. The first-order valence-corrected chi connectivity index (χ1v) is 12.4. The van der Waals surface area contributed by atoms with Crippen LogP contribution in [-0.2, 0) is 0 Å². The standard InChI is InChI=1S/C28H28N6O2/c35-27(33-17-15-32(16-18-33)14-4-8-21-6-2-1-3-7-21)23-20-30-34(26(23)22-10-11-22)28-29-13-12-24(31-28)25-9-5-19-36-25/h1-9,12-13,19-20,22H,10-11,14-18H2. The Hall–Kier alpha value is -4.04. The van der Waals surface area contributed by atoms with Crippen molar-refractivity contribution < 1.29 is 9.21 Å². The molecular weight excluding hydrogens is 452 g/mol. The van der Waals surface area contributed by atoms with Gasteiger partial charge in [-0.2, -0.15) is 5.10 Å². The molecule has 0 bridgehead atoms. The van der Waals surface area contributed by atoms with E-state index in [1.54, 1.807) is 23.3 Å². The predicted molar refractivity (Wildman–Crippen MR) is 137 cm³/mol. The molecule has 0 atom stereocenters. The van der Waals surface area contributed by atoms with Gasteiger partial charge in [0, 0.05) is 44.8 Å². The van der Waals surface area contributed by atoms with Crippen molar-refractivity contribution in [3.63, 3.8) is 0 Å². The molecule has 182 valence electrons. The highest BCUT2D eigenvalue weighted by atomic mass is 16.3. The van der Waals surface area contributed by atoms with Gasteiger partial charge >= 0.3 is 0 Å². The van der Waals surface area contributed by atoms with E-state index in [4.69, 9.17) is 4.42 Å². The van der Waals surface area contributed by atoms with Crippen molar-refractivity contribution in [2.24, 2.45) is 0 Å². The Morgan fingerprint density at radius 1 is 1.03 bits per heavy atom. The number of amides is 1. The maximum Gasteiger partial charge on any atom is 0.257 e. The van der Waals surface area contributed by atoms with Gasteiger partial charge in [-0.3, -0.25) is 9.69 Å². The van der Waals surface area contributed by atoms with Crippen LogP contribution in [0.2, 0.25) is 0 Å². The van der Waals surface area contributed by atoms with E-state index in [2.05, 4.69) is 44.3 Å². The number of furan rings is 1. The van der Waals surface area contributed by atoms with Gasteiger partial charge in [-0.05, 0) is 36.6 Å². The number of benzene rings is 1. The zero-order valence-corrected chi connectivity index (χ0v) is 20.0. The minimum absolute atomic E-state index is 0.0461. The molecule has 4 heterocycles. The summed E-state index contributed by atoms with van der Waals surface area (Å²) in [6, 6.07) is 15.8. The fourth-order valence-electron chi connectivity index (χ4n) is 4.65. The number of carbonyl (C=O) groups excluding carboxylic acids is 1. The summed E-state index contributed by atoms with van der Waals surface area (Å²) < 4.78 is 7.23. The molecule has 1 saturated heterocycles. The van der Waals surface area contributed by atoms with Crippen molar-refractivity contribution in [1.29, 1.82) is 0 Å². The van der Waals surface area contributed by atoms with Gasteiger partial charge in [0.2, 0.25) is 0 Å². The Morgan fingerprint density at radius 2 is 1.86 bits per heavy atom. The molecule has 1 aromatic carbocycles. The Bertz CT molecular complexity index is 1350. The van der Waals surface area contributed by atoms with Gasteiger partial charge in [0.15, 0.2) is 5.76 Å². The van der Waals surface area contributed by atoms with Gasteiger partial charge in [0.05, 0.1) is 23.7 Å². The molecule has 8 nitrogen and oxygen atoms in total. The summed E-state index contributed by atoms with van der Waals surface area (Å²) in [7, 11) is 0. The Morgan fingerprint density at radius 3 is 2.61 bits per heavy atom. The van der Waals surface area contributed by atoms with E-state index in [1.807, 2.05) is 41.3 Å². The largest absolute Gasteiger partial charge is 0.463 e. The maximum atomic E-state index is 13.5. The first-order chi connectivity index (χ1) is 17.8. The summed E-state index contributed by atoms with van der Waals surface area (Å²) in [6.45, 7) is 4.00. The Balaban J connectivity index is 1.15. The van der Waals surface area contributed by atoms with Crippen LogP contribution in [0.3, 0.4) is 0 Å². The van der Waals surface area contributed by atoms with Gasteiger partial charge < -0.3 is 9.32 Å². The van der Waals surface area contributed by atoms with E-state index in [0.717, 1.165) is 38.2 Å². The van der Waals surface area contributed by atoms with Crippen molar-refractivity contribution in [3.05, 3.63) is 90.1 Å². The number of nitrogens with zero attached hydrogens (tertiary/aromatic N) is 6. The van der Waals surface area contributed by atoms with Gasteiger partial charge in [0.25, 0.3) is 11.9 Å². The van der Waals surface area contributed by atoms with E-state index in [9.17, 15) is 4.79 Å². The summed E-state index contributed by atoms with van der Waals surface area (Å²) in [5.41, 5.74) is 3.48. The molecule has 1 amide bonds. The van der Waals surface area contributed by atoms with Crippen LogP contribution < -0.4 is 0 Å². The number of hydrogen-bond acceptors (Lipinski definition) is 6. The second kappa shape index (κ2) is 9.91. The second-order valence-corrected chi connectivity index (χ2v) is 9.25. The molecule has 1 aliphatic heterocycles. The third-order valence-electron chi connectivity index (χ3n) is 6.74. The van der Waals surface area contributed by atoms with Gasteiger partial charge in [-0.1, -0.05) is 42.5 Å². The molecule has 8 heteroatoms. The van der Waals surface area contributed by atoms with Gasteiger partial charge in [-0.25, -0.2) is 14.6 Å². The first kappa shape index (κ1) is 22.4. The average Bonchev–Trinajstić information content (AvgIpc) is 3.43. The number of rotatable bonds is 7. The molecule has 1 saturated carbocycles. The highest BCUT2D eigenvalue weighted by Gasteiger charge is 2.35. The molecule has 0 spiro atoms. The molecular formula is C28H28N6O2. The topological polar surface area (TPSA) is 80.3 Å². The number of hydrogen-bond donors (Lipinski definition) is 0. The summed E-state index contributed by atoms with van der Waals surface area (Å²) in [4.78, 5) is 27.0. The normalized spacial score (nSPS) is 16.6. The lowest BCUT2D eigenvalue weighted by Crippen LogP contribution is -2.48. The lowest BCUT2D eigenvalue weighted by Gasteiger charge is -2.34. The van der Waals surface area contributed by atoms with Crippen LogP contribution in [-0.4, -0.2) is 68.2 Å². The first-order valence-electron chi connectivity index (χ1n) is 12.4. The highest BCUT2D eigenvalue weighted by Crippen LogP contribution is 2.42. The van der Waals surface area contributed by atoms with Crippen LogP contribution in [0.5, 0.6) is 0 Å². The number of carbonyl (C=O) groups is 1. The van der Waals surface area contributed by atoms with E-state index in [1.165, 1.54) is 5.56 Å². The third-order valence-corrected chi connectivity index (χ3v) is 6.74. The molecule has 0 unspecified atom stereocenters. The summed E-state index contributed by atoms with van der Waals surface area (Å²) >= 11 is 0. The molecule has 2 aliphatic rings. The fraction of sp³-hybridized carbons (Fsp3) is 0.286. The summed E-state index contributed by atoms with van der Waals surface area (Å²) in [5.74, 6) is 1.49. The van der Waals surface area contributed by atoms with Crippen LogP contribution in [0.1, 0.15) is 40.4 Å². The molecule has 36 heavy (non-hydrogen) atoms. The molecule has 0 radical (unpaired) electrons. The van der Waals surface area contributed by atoms with Crippen molar-refractivity contribution >= 4 is 12.0 Å². The average molecular weight is 481 g/mol. The van der Waals surface area contributed by atoms with Gasteiger partial charge in [-0.15, -0.1) is 0 Å². The number of aromatic nitrogens is 4. The van der Waals surface area contributed by atoms with Crippen LogP contribution >= 0.6 is 0 Å². The maximum absolute atomic E-state index is 13.5. The molecule has 0 N–H and O–H groups in total. The second-order valence-electron chi connectivity index (χ2n) is 9.25.